The largest absolute Gasteiger partial charge is 0.486 e. The third-order valence-electron chi connectivity index (χ3n) is 3.72. The fourth-order valence-corrected chi connectivity index (χ4v) is 3.11. The van der Waals surface area contributed by atoms with Crippen LogP contribution in [0.15, 0.2) is 59.3 Å². The molecule has 4 rings (SSSR count). The minimum atomic E-state index is -0.245. The molecule has 25 heavy (non-hydrogen) atoms. The molecule has 1 amide bonds. The number of halogens is 1. The molecule has 1 aliphatic heterocycles. The number of benzene rings is 2. The summed E-state index contributed by atoms with van der Waals surface area (Å²) in [5.41, 5.74) is 2.01. The quantitative estimate of drug-likeness (QED) is 0.729. The highest BCUT2D eigenvalue weighted by atomic mass is 79.9. The molecule has 1 aromatic heterocycles. The van der Waals surface area contributed by atoms with Crippen LogP contribution >= 0.6 is 15.9 Å². The Morgan fingerprint density at radius 3 is 2.80 bits per heavy atom. The van der Waals surface area contributed by atoms with Crippen LogP contribution in [0.5, 0.6) is 11.5 Å². The standard InChI is InChI=1S/C18H14BrN3O3/c19-15-8-12(9-16-17(15)25-7-6-24-16)18(23)21-13-10-20-22(11-13)14-4-2-1-3-5-14/h1-5,8-11H,6-7H2,(H,21,23). The average Bonchev–Trinajstić information content (AvgIpc) is 3.11. The molecular weight excluding hydrogens is 386 g/mol. The van der Waals surface area contributed by atoms with Crippen LogP contribution in [0.2, 0.25) is 0 Å². The van der Waals surface area contributed by atoms with Gasteiger partial charge in [-0.2, -0.15) is 5.10 Å². The van der Waals surface area contributed by atoms with Gasteiger partial charge in [-0.15, -0.1) is 0 Å². The minimum absolute atomic E-state index is 0.245. The van der Waals surface area contributed by atoms with Gasteiger partial charge in [0.15, 0.2) is 11.5 Å². The van der Waals surface area contributed by atoms with E-state index >= 15 is 0 Å². The van der Waals surface area contributed by atoms with Crippen molar-refractivity contribution >= 4 is 27.5 Å². The number of para-hydroxylation sites is 1. The first-order valence-corrected chi connectivity index (χ1v) is 8.50. The van der Waals surface area contributed by atoms with Crippen LogP contribution < -0.4 is 14.8 Å². The maximum Gasteiger partial charge on any atom is 0.255 e. The fraction of sp³-hybridized carbons (Fsp3) is 0.111. The van der Waals surface area contributed by atoms with E-state index in [-0.39, 0.29) is 5.91 Å². The summed E-state index contributed by atoms with van der Waals surface area (Å²) in [5, 5.41) is 7.11. The van der Waals surface area contributed by atoms with Crippen molar-refractivity contribution in [2.24, 2.45) is 0 Å². The van der Waals surface area contributed by atoms with Crippen molar-refractivity contribution in [1.82, 2.24) is 9.78 Å². The summed E-state index contributed by atoms with van der Waals surface area (Å²) < 4.78 is 13.5. The van der Waals surface area contributed by atoms with Crippen LogP contribution in [0.25, 0.3) is 5.69 Å². The number of carbonyl (C=O) groups excluding carboxylic acids is 1. The third-order valence-corrected chi connectivity index (χ3v) is 4.31. The van der Waals surface area contributed by atoms with Crippen LogP contribution in [0, 0.1) is 0 Å². The Morgan fingerprint density at radius 2 is 1.96 bits per heavy atom. The molecule has 0 fully saturated rings. The predicted molar refractivity (Wildman–Crippen MR) is 96.6 cm³/mol. The number of hydrogen-bond donors (Lipinski definition) is 1. The SMILES string of the molecule is O=C(Nc1cnn(-c2ccccc2)c1)c1cc(Br)c2c(c1)OCCO2. The maximum absolute atomic E-state index is 12.5. The Kier molecular flexibility index (Phi) is 4.15. The van der Waals surface area contributed by atoms with Crippen molar-refractivity contribution in [3.8, 4) is 17.2 Å². The van der Waals surface area contributed by atoms with Crippen LogP contribution in [0.3, 0.4) is 0 Å². The summed E-state index contributed by atoms with van der Waals surface area (Å²) in [4.78, 5) is 12.5. The first-order valence-electron chi connectivity index (χ1n) is 7.71. The smallest absolute Gasteiger partial charge is 0.255 e. The average molecular weight is 400 g/mol. The molecule has 0 atom stereocenters. The summed E-state index contributed by atoms with van der Waals surface area (Å²) in [5.74, 6) is 0.940. The summed E-state index contributed by atoms with van der Waals surface area (Å²) in [6, 6.07) is 13.1. The van der Waals surface area contributed by atoms with Gasteiger partial charge in [0, 0.05) is 5.56 Å². The number of fused-ring (bicyclic) bond motifs is 1. The van der Waals surface area contributed by atoms with Crippen LogP contribution in [0.4, 0.5) is 5.69 Å². The lowest BCUT2D eigenvalue weighted by atomic mass is 10.2. The van der Waals surface area contributed by atoms with E-state index in [0.717, 1.165) is 5.69 Å². The van der Waals surface area contributed by atoms with E-state index < -0.39 is 0 Å². The molecule has 0 saturated carbocycles. The first kappa shape index (κ1) is 15.7. The van der Waals surface area contributed by atoms with Crippen LogP contribution in [-0.4, -0.2) is 28.9 Å². The van der Waals surface area contributed by atoms with Gasteiger partial charge in [-0.05, 0) is 40.2 Å². The molecule has 1 N–H and O–H groups in total. The molecule has 1 aliphatic rings. The molecule has 0 saturated heterocycles. The highest BCUT2D eigenvalue weighted by Gasteiger charge is 2.19. The summed E-state index contributed by atoms with van der Waals surface area (Å²) in [7, 11) is 0. The summed E-state index contributed by atoms with van der Waals surface area (Å²) in [6.07, 6.45) is 3.37. The molecule has 3 aromatic rings. The zero-order valence-corrected chi connectivity index (χ0v) is 14.7. The zero-order chi connectivity index (χ0) is 17.2. The second-order valence-corrected chi connectivity index (χ2v) is 6.30. The summed E-state index contributed by atoms with van der Waals surface area (Å²) in [6.45, 7) is 0.962. The Morgan fingerprint density at radius 1 is 1.16 bits per heavy atom. The Hall–Kier alpha value is -2.80. The number of carbonyl (C=O) groups is 1. The van der Waals surface area contributed by atoms with E-state index in [4.69, 9.17) is 9.47 Å². The maximum atomic E-state index is 12.5. The van der Waals surface area contributed by atoms with E-state index in [1.54, 1.807) is 29.2 Å². The Bertz CT molecular complexity index is 925. The summed E-state index contributed by atoms with van der Waals surface area (Å²) >= 11 is 3.42. The Balaban J connectivity index is 1.55. The van der Waals surface area contributed by atoms with Crippen LogP contribution in [0.1, 0.15) is 10.4 Å². The van der Waals surface area contributed by atoms with Gasteiger partial charge in [0.2, 0.25) is 0 Å². The molecule has 2 heterocycles. The second-order valence-electron chi connectivity index (χ2n) is 5.45. The van der Waals surface area contributed by atoms with Gasteiger partial charge in [0.1, 0.15) is 13.2 Å². The molecule has 2 aromatic carbocycles. The lowest BCUT2D eigenvalue weighted by molar-refractivity contribution is 0.102. The van der Waals surface area contributed by atoms with Gasteiger partial charge < -0.3 is 14.8 Å². The van der Waals surface area contributed by atoms with E-state index in [2.05, 4.69) is 26.3 Å². The lowest BCUT2D eigenvalue weighted by Gasteiger charge is -2.20. The van der Waals surface area contributed by atoms with Crippen molar-refractivity contribution in [1.29, 1.82) is 0 Å². The molecule has 0 bridgehead atoms. The number of hydrogen-bond acceptors (Lipinski definition) is 4. The number of anilines is 1. The molecule has 0 unspecified atom stereocenters. The number of ether oxygens (including phenoxy) is 2. The predicted octanol–water partition coefficient (Wildman–Crippen LogP) is 3.66. The second kappa shape index (κ2) is 6.60. The van der Waals surface area contributed by atoms with Gasteiger partial charge in [0.05, 0.1) is 28.2 Å². The Labute approximate surface area is 152 Å². The van der Waals surface area contributed by atoms with Crippen molar-refractivity contribution < 1.29 is 14.3 Å². The third kappa shape index (κ3) is 3.23. The molecule has 6 nitrogen and oxygen atoms in total. The van der Waals surface area contributed by atoms with Crippen LogP contribution in [-0.2, 0) is 0 Å². The fourth-order valence-electron chi connectivity index (χ4n) is 2.55. The minimum Gasteiger partial charge on any atom is -0.486 e. The van der Waals surface area contributed by atoms with E-state index in [1.807, 2.05) is 30.3 Å². The molecule has 7 heteroatoms. The van der Waals surface area contributed by atoms with Gasteiger partial charge in [0.25, 0.3) is 5.91 Å². The van der Waals surface area contributed by atoms with Gasteiger partial charge in [-0.25, -0.2) is 4.68 Å². The first-order chi connectivity index (χ1) is 12.2. The van der Waals surface area contributed by atoms with Crippen molar-refractivity contribution in [2.75, 3.05) is 18.5 Å². The normalized spacial score (nSPS) is 12.7. The van der Waals surface area contributed by atoms with Crippen molar-refractivity contribution in [3.05, 3.63) is 64.9 Å². The van der Waals surface area contributed by atoms with E-state index in [0.29, 0.717) is 40.4 Å². The van der Waals surface area contributed by atoms with Gasteiger partial charge >= 0.3 is 0 Å². The van der Waals surface area contributed by atoms with Crippen molar-refractivity contribution in [2.45, 2.75) is 0 Å². The number of nitrogens with zero attached hydrogens (tertiary/aromatic N) is 2. The zero-order valence-electron chi connectivity index (χ0n) is 13.1. The van der Waals surface area contributed by atoms with E-state index in [1.165, 1.54) is 0 Å². The van der Waals surface area contributed by atoms with Gasteiger partial charge in [-0.1, -0.05) is 18.2 Å². The highest BCUT2D eigenvalue weighted by Crippen LogP contribution is 2.38. The molecule has 0 aliphatic carbocycles. The van der Waals surface area contributed by atoms with Gasteiger partial charge in [-0.3, -0.25) is 4.79 Å². The highest BCUT2D eigenvalue weighted by molar-refractivity contribution is 9.10. The number of nitrogens with one attached hydrogen (secondary N) is 1. The van der Waals surface area contributed by atoms with E-state index in [9.17, 15) is 4.79 Å². The molecule has 126 valence electrons. The monoisotopic (exact) mass is 399 g/mol. The molecule has 0 spiro atoms. The number of rotatable bonds is 3. The lowest BCUT2D eigenvalue weighted by Crippen LogP contribution is -2.17. The molecular formula is C18H14BrN3O3. The number of amides is 1. The topological polar surface area (TPSA) is 65.4 Å². The number of aromatic nitrogens is 2. The van der Waals surface area contributed by atoms with Crippen molar-refractivity contribution in [3.63, 3.8) is 0 Å². The molecule has 0 radical (unpaired) electrons.